The maximum atomic E-state index is 11.0. The molecule has 2 atom stereocenters. The van der Waals surface area contributed by atoms with Gasteiger partial charge in [-0.25, -0.2) is 0 Å². The molecule has 0 aromatic heterocycles. The SMILES string of the molecule is CCOc1cc(N2CC(C)OC(CO)C2)cc([N+](=O)[O-])c1. The van der Waals surface area contributed by atoms with Crippen LogP contribution in [0.25, 0.3) is 0 Å². The molecule has 1 aromatic rings. The van der Waals surface area contributed by atoms with E-state index in [0.29, 0.717) is 31.1 Å². The Bertz CT molecular complexity index is 508. The summed E-state index contributed by atoms with van der Waals surface area (Å²) in [5.41, 5.74) is 0.705. The van der Waals surface area contributed by atoms with Gasteiger partial charge in [-0.1, -0.05) is 0 Å². The number of nitrogens with zero attached hydrogens (tertiary/aromatic N) is 2. The molecule has 7 heteroatoms. The first-order valence-corrected chi connectivity index (χ1v) is 6.97. The van der Waals surface area contributed by atoms with Gasteiger partial charge in [-0.2, -0.15) is 0 Å². The van der Waals surface area contributed by atoms with Crippen LogP contribution in [0, 0.1) is 10.1 Å². The number of hydrogen-bond acceptors (Lipinski definition) is 6. The normalized spacial score (nSPS) is 22.1. The highest BCUT2D eigenvalue weighted by Gasteiger charge is 2.26. The van der Waals surface area contributed by atoms with Crippen LogP contribution in [-0.2, 0) is 4.74 Å². The number of benzene rings is 1. The Kier molecular flexibility index (Phi) is 4.98. The number of morpholine rings is 1. The monoisotopic (exact) mass is 296 g/mol. The standard InChI is InChI=1S/C14H20N2O5/c1-3-20-13-5-11(4-12(6-13)16(18)19)15-7-10(2)21-14(8-15)9-17/h4-6,10,14,17H,3,7-9H2,1-2H3. The molecular formula is C14H20N2O5. The molecule has 0 radical (unpaired) electrons. The van der Waals surface area contributed by atoms with E-state index in [1.54, 1.807) is 6.07 Å². The van der Waals surface area contributed by atoms with Crippen LogP contribution in [0.3, 0.4) is 0 Å². The Labute approximate surface area is 123 Å². The average molecular weight is 296 g/mol. The van der Waals surface area contributed by atoms with Crippen LogP contribution in [0.2, 0.25) is 0 Å². The fourth-order valence-corrected chi connectivity index (χ4v) is 2.46. The molecule has 0 aliphatic carbocycles. The maximum absolute atomic E-state index is 11.0. The van der Waals surface area contributed by atoms with Crippen molar-refractivity contribution in [3.05, 3.63) is 28.3 Å². The first-order valence-electron chi connectivity index (χ1n) is 6.97. The predicted octanol–water partition coefficient (Wildman–Crippen LogP) is 1.58. The highest BCUT2D eigenvalue weighted by Crippen LogP contribution is 2.30. The van der Waals surface area contributed by atoms with Gasteiger partial charge in [0.15, 0.2) is 0 Å². The molecule has 0 spiro atoms. The topological polar surface area (TPSA) is 85.1 Å². The van der Waals surface area contributed by atoms with Crippen molar-refractivity contribution in [3.63, 3.8) is 0 Å². The highest BCUT2D eigenvalue weighted by atomic mass is 16.6. The van der Waals surface area contributed by atoms with Crippen molar-refractivity contribution in [1.82, 2.24) is 0 Å². The molecule has 2 unspecified atom stereocenters. The van der Waals surface area contributed by atoms with Crippen LogP contribution >= 0.6 is 0 Å². The number of aliphatic hydroxyl groups excluding tert-OH is 1. The van der Waals surface area contributed by atoms with E-state index >= 15 is 0 Å². The van der Waals surface area contributed by atoms with Crippen molar-refractivity contribution in [3.8, 4) is 5.75 Å². The number of anilines is 1. The summed E-state index contributed by atoms with van der Waals surface area (Å²) in [7, 11) is 0. The summed E-state index contributed by atoms with van der Waals surface area (Å²) in [6, 6.07) is 4.72. The van der Waals surface area contributed by atoms with Gasteiger partial charge in [-0.3, -0.25) is 10.1 Å². The van der Waals surface area contributed by atoms with E-state index in [4.69, 9.17) is 9.47 Å². The largest absolute Gasteiger partial charge is 0.494 e. The van der Waals surface area contributed by atoms with Gasteiger partial charge in [0.1, 0.15) is 5.75 Å². The Morgan fingerprint density at radius 3 is 2.86 bits per heavy atom. The summed E-state index contributed by atoms with van der Waals surface area (Å²) in [5, 5.41) is 20.3. The summed E-state index contributed by atoms with van der Waals surface area (Å²) in [6.45, 7) is 5.22. The number of non-ortho nitro benzene ring substituents is 1. The van der Waals surface area contributed by atoms with Crippen LogP contribution < -0.4 is 9.64 Å². The molecule has 0 bridgehead atoms. The number of rotatable bonds is 5. The minimum atomic E-state index is -0.431. The number of hydrogen-bond donors (Lipinski definition) is 1. The van der Waals surface area contributed by atoms with Gasteiger partial charge in [0.2, 0.25) is 0 Å². The van der Waals surface area contributed by atoms with Gasteiger partial charge in [0.25, 0.3) is 5.69 Å². The quantitative estimate of drug-likeness (QED) is 0.656. The van der Waals surface area contributed by atoms with Crippen LogP contribution in [-0.4, -0.2) is 48.5 Å². The van der Waals surface area contributed by atoms with E-state index in [9.17, 15) is 15.2 Å². The first kappa shape index (κ1) is 15.5. The molecule has 1 saturated heterocycles. The summed E-state index contributed by atoms with van der Waals surface area (Å²) in [5.74, 6) is 0.474. The third kappa shape index (κ3) is 3.83. The first-order chi connectivity index (χ1) is 10.0. The Morgan fingerprint density at radius 1 is 1.48 bits per heavy atom. The molecule has 21 heavy (non-hydrogen) atoms. The van der Waals surface area contributed by atoms with Gasteiger partial charge in [-0.05, 0) is 13.8 Å². The fourth-order valence-electron chi connectivity index (χ4n) is 2.46. The maximum Gasteiger partial charge on any atom is 0.275 e. The number of nitro benzene ring substituents is 1. The molecule has 7 nitrogen and oxygen atoms in total. The molecule has 0 saturated carbocycles. The lowest BCUT2D eigenvalue weighted by Gasteiger charge is -2.37. The van der Waals surface area contributed by atoms with Crippen molar-refractivity contribution < 1.29 is 19.5 Å². The molecule has 2 rings (SSSR count). The lowest BCUT2D eigenvalue weighted by molar-refractivity contribution is -0.384. The summed E-state index contributed by atoms with van der Waals surface area (Å²) >= 11 is 0. The third-order valence-corrected chi connectivity index (χ3v) is 3.29. The third-order valence-electron chi connectivity index (χ3n) is 3.29. The van der Waals surface area contributed by atoms with E-state index in [-0.39, 0.29) is 24.5 Å². The fraction of sp³-hybridized carbons (Fsp3) is 0.571. The molecule has 1 aromatic carbocycles. The van der Waals surface area contributed by atoms with Gasteiger partial charge in [0, 0.05) is 30.9 Å². The molecule has 1 aliphatic rings. The van der Waals surface area contributed by atoms with E-state index in [2.05, 4.69) is 0 Å². The van der Waals surface area contributed by atoms with Crippen LogP contribution in [0.5, 0.6) is 5.75 Å². The van der Waals surface area contributed by atoms with Crippen LogP contribution in [0.4, 0.5) is 11.4 Å². The van der Waals surface area contributed by atoms with Crippen LogP contribution in [0.1, 0.15) is 13.8 Å². The second kappa shape index (κ2) is 6.73. The van der Waals surface area contributed by atoms with Gasteiger partial charge < -0.3 is 19.5 Å². The highest BCUT2D eigenvalue weighted by molar-refractivity contribution is 5.58. The van der Waals surface area contributed by atoms with Crippen LogP contribution in [0.15, 0.2) is 18.2 Å². The van der Waals surface area contributed by atoms with E-state index in [0.717, 1.165) is 0 Å². The van der Waals surface area contributed by atoms with Crippen molar-refractivity contribution in [1.29, 1.82) is 0 Å². The van der Waals surface area contributed by atoms with Crippen molar-refractivity contribution in [2.45, 2.75) is 26.1 Å². The summed E-state index contributed by atoms with van der Waals surface area (Å²) < 4.78 is 11.0. The molecule has 1 fully saturated rings. The Balaban J connectivity index is 2.30. The van der Waals surface area contributed by atoms with Gasteiger partial charge in [-0.15, -0.1) is 0 Å². The average Bonchev–Trinajstić information content (AvgIpc) is 2.46. The van der Waals surface area contributed by atoms with Gasteiger partial charge >= 0.3 is 0 Å². The van der Waals surface area contributed by atoms with E-state index in [1.165, 1.54) is 12.1 Å². The molecule has 116 valence electrons. The zero-order valence-electron chi connectivity index (χ0n) is 12.2. The van der Waals surface area contributed by atoms with E-state index in [1.807, 2.05) is 18.7 Å². The Morgan fingerprint density at radius 2 is 2.24 bits per heavy atom. The second-order valence-corrected chi connectivity index (χ2v) is 5.03. The second-order valence-electron chi connectivity index (χ2n) is 5.03. The smallest absolute Gasteiger partial charge is 0.275 e. The number of aliphatic hydroxyl groups is 1. The molecule has 0 amide bonds. The summed E-state index contributed by atoms with van der Waals surface area (Å²) in [6.07, 6.45) is -0.339. The minimum Gasteiger partial charge on any atom is -0.494 e. The van der Waals surface area contributed by atoms with Crippen molar-refractivity contribution >= 4 is 11.4 Å². The molecule has 1 aliphatic heterocycles. The predicted molar refractivity (Wildman–Crippen MR) is 77.9 cm³/mol. The van der Waals surface area contributed by atoms with Crippen molar-refractivity contribution in [2.75, 3.05) is 31.2 Å². The lowest BCUT2D eigenvalue weighted by atomic mass is 10.1. The molecule has 1 heterocycles. The molecule has 1 N–H and O–H groups in total. The lowest BCUT2D eigenvalue weighted by Crippen LogP contribution is -2.48. The zero-order valence-corrected chi connectivity index (χ0v) is 12.2. The van der Waals surface area contributed by atoms with E-state index < -0.39 is 4.92 Å². The minimum absolute atomic E-state index is 0.00403. The molecular weight excluding hydrogens is 276 g/mol. The summed E-state index contributed by atoms with van der Waals surface area (Å²) in [4.78, 5) is 12.6. The van der Waals surface area contributed by atoms with Crippen molar-refractivity contribution in [2.24, 2.45) is 0 Å². The zero-order chi connectivity index (χ0) is 15.4. The van der Waals surface area contributed by atoms with Gasteiger partial charge in [0.05, 0.1) is 36.4 Å². The number of nitro groups is 1. The Hall–Kier alpha value is -1.86. The number of ether oxygens (including phenoxy) is 2.